The molecule has 1 unspecified atom stereocenters. The van der Waals surface area contributed by atoms with Crippen LogP contribution in [0.4, 0.5) is 8.78 Å². The Kier molecular flexibility index (Phi) is 4.52. The molecular formula is C14H15F2NO4. The summed E-state index contributed by atoms with van der Waals surface area (Å²) >= 11 is 0. The molecule has 5 nitrogen and oxygen atoms in total. The molecule has 1 aromatic rings. The fraction of sp³-hybridized carbons (Fsp3) is 0.429. The van der Waals surface area contributed by atoms with Crippen LogP contribution in [0.15, 0.2) is 18.2 Å². The molecular weight excluding hydrogens is 284 g/mol. The second-order valence-corrected chi connectivity index (χ2v) is 4.99. The second kappa shape index (κ2) is 6.17. The van der Waals surface area contributed by atoms with Gasteiger partial charge in [0.05, 0.1) is 6.61 Å². The minimum Gasteiger partial charge on any atom is -0.479 e. The topological polar surface area (TPSA) is 75.6 Å². The molecule has 0 aliphatic carbocycles. The number of amides is 1. The van der Waals surface area contributed by atoms with E-state index in [2.05, 4.69) is 5.32 Å². The van der Waals surface area contributed by atoms with Crippen LogP contribution in [0.1, 0.15) is 18.4 Å². The Morgan fingerprint density at radius 3 is 2.67 bits per heavy atom. The van der Waals surface area contributed by atoms with Gasteiger partial charge in [-0.05, 0) is 24.1 Å². The lowest BCUT2D eigenvalue weighted by atomic mass is 9.98. The van der Waals surface area contributed by atoms with Crippen molar-refractivity contribution in [2.24, 2.45) is 0 Å². The number of hydrogen-bond donors (Lipinski definition) is 2. The molecule has 0 saturated carbocycles. The second-order valence-electron chi connectivity index (χ2n) is 4.99. The molecule has 2 rings (SSSR count). The standard InChI is InChI=1S/C14H15F2NO4/c15-10-3-1-9(7-11(10)16)2-4-12(18)17-14(13(19)20)5-6-21-8-14/h1,3,7H,2,4-6,8H2,(H,17,18)(H,19,20). The summed E-state index contributed by atoms with van der Waals surface area (Å²) in [4.78, 5) is 23.1. The van der Waals surface area contributed by atoms with Crippen LogP contribution in [-0.2, 0) is 20.7 Å². The van der Waals surface area contributed by atoms with Crippen LogP contribution in [0.25, 0.3) is 0 Å². The van der Waals surface area contributed by atoms with Gasteiger partial charge in [0.15, 0.2) is 17.2 Å². The van der Waals surface area contributed by atoms with E-state index in [1.165, 1.54) is 6.07 Å². The smallest absolute Gasteiger partial charge is 0.331 e. The molecule has 1 aromatic carbocycles. The van der Waals surface area contributed by atoms with Crippen LogP contribution in [0.2, 0.25) is 0 Å². The van der Waals surface area contributed by atoms with Gasteiger partial charge in [0.2, 0.25) is 5.91 Å². The van der Waals surface area contributed by atoms with E-state index in [9.17, 15) is 23.5 Å². The Hall–Kier alpha value is -2.02. The predicted octanol–water partition coefficient (Wildman–Crippen LogP) is 1.26. The molecule has 1 saturated heterocycles. The normalized spacial score (nSPS) is 21.2. The first-order chi connectivity index (χ1) is 9.93. The Bertz CT molecular complexity index is 556. The molecule has 0 bridgehead atoms. The van der Waals surface area contributed by atoms with Crippen LogP contribution in [0.3, 0.4) is 0 Å². The van der Waals surface area contributed by atoms with E-state index < -0.39 is 29.0 Å². The van der Waals surface area contributed by atoms with Crippen LogP contribution in [-0.4, -0.2) is 35.7 Å². The number of carbonyl (C=O) groups excluding carboxylic acids is 1. The molecule has 0 radical (unpaired) electrons. The predicted molar refractivity (Wildman–Crippen MR) is 68.6 cm³/mol. The highest BCUT2D eigenvalue weighted by Gasteiger charge is 2.43. The van der Waals surface area contributed by atoms with Gasteiger partial charge in [-0.3, -0.25) is 4.79 Å². The van der Waals surface area contributed by atoms with Crippen molar-refractivity contribution in [2.75, 3.05) is 13.2 Å². The van der Waals surface area contributed by atoms with Gasteiger partial charge in [0.25, 0.3) is 0 Å². The van der Waals surface area contributed by atoms with Crippen molar-refractivity contribution in [1.82, 2.24) is 5.32 Å². The number of ether oxygens (including phenoxy) is 1. The van der Waals surface area contributed by atoms with E-state index in [1.807, 2.05) is 0 Å². The quantitative estimate of drug-likeness (QED) is 0.858. The summed E-state index contributed by atoms with van der Waals surface area (Å²) in [5.41, 5.74) is -0.915. The Morgan fingerprint density at radius 1 is 1.33 bits per heavy atom. The number of carbonyl (C=O) groups is 2. The third-order valence-electron chi connectivity index (χ3n) is 3.43. The number of benzene rings is 1. The first-order valence-electron chi connectivity index (χ1n) is 6.49. The van der Waals surface area contributed by atoms with Crippen molar-refractivity contribution in [3.63, 3.8) is 0 Å². The highest BCUT2D eigenvalue weighted by atomic mass is 19.2. The van der Waals surface area contributed by atoms with Crippen LogP contribution < -0.4 is 5.32 Å². The highest BCUT2D eigenvalue weighted by Crippen LogP contribution is 2.19. The first-order valence-corrected chi connectivity index (χ1v) is 6.49. The number of hydrogen-bond acceptors (Lipinski definition) is 3. The van der Waals surface area contributed by atoms with Gasteiger partial charge < -0.3 is 15.2 Å². The lowest BCUT2D eigenvalue weighted by Gasteiger charge is -2.23. The Labute approximate surface area is 119 Å². The maximum absolute atomic E-state index is 13.0. The molecule has 1 atom stereocenters. The average molecular weight is 299 g/mol. The average Bonchev–Trinajstić information content (AvgIpc) is 2.90. The summed E-state index contributed by atoms with van der Waals surface area (Å²) in [6, 6.07) is 3.40. The molecule has 1 fully saturated rings. The van der Waals surface area contributed by atoms with E-state index in [0.29, 0.717) is 5.56 Å². The van der Waals surface area contributed by atoms with Crippen molar-refractivity contribution >= 4 is 11.9 Å². The maximum atomic E-state index is 13.0. The van der Waals surface area contributed by atoms with Gasteiger partial charge in [-0.15, -0.1) is 0 Å². The number of rotatable bonds is 5. The molecule has 1 aliphatic rings. The fourth-order valence-electron chi connectivity index (χ4n) is 2.17. The van der Waals surface area contributed by atoms with Gasteiger partial charge in [0, 0.05) is 19.4 Å². The SMILES string of the molecule is O=C(CCc1ccc(F)c(F)c1)NC1(C(=O)O)CCOC1. The molecule has 114 valence electrons. The molecule has 1 amide bonds. The summed E-state index contributed by atoms with van der Waals surface area (Å²) in [5.74, 6) is -3.52. The van der Waals surface area contributed by atoms with Gasteiger partial charge in [0.1, 0.15) is 0 Å². The number of carboxylic acids is 1. The monoisotopic (exact) mass is 299 g/mol. The first kappa shape index (κ1) is 15.4. The maximum Gasteiger partial charge on any atom is 0.331 e. The summed E-state index contributed by atoms with van der Waals surface area (Å²) in [6.45, 7) is 0.203. The number of halogens is 2. The summed E-state index contributed by atoms with van der Waals surface area (Å²) in [7, 11) is 0. The molecule has 1 heterocycles. The summed E-state index contributed by atoms with van der Waals surface area (Å²) < 4.78 is 30.8. The fourth-order valence-corrected chi connectivity index (χ4v) is 2.17. The van der Waals surface area contributed by atoms with E-state index in [1.54, 1.807) is 0 Å². The lowest BCUT2D eigenvalue weighted by Crippen LogP contribution is -2.55. The van der Waals surface area contributed by atoms with Gasteiger partial charge in [-0.2, -0.15) is 0 Å². The third kappa shape index (κ3) is 3.55. The number of aliphatic carboxylic acids is 1. The number of nitrogens with one attached hydrogen (secondary N) is 1. The zero-order valence-electron chi connectivity index (χ0n) is 11.2. The van der Waals surface area contributed by atoms with Crippen LogP contribution in [0.5, 0.6) is 0 Å². The van der Waals surface area contributed by atoms with Gasteiger partial charge in [-0.1, -0.05) is 6.07 Å². The van der Waals surface area contributed by atoms with Crippen molar-refractivity contribution in [2.45, 2.75) is 24.8 Å². The van der Waals surface area contributed by atoms with E-state index in [4.69, 9.17) is 4.74 Å². The van der Waals surface area contributed by atoms with Gasteiger partial charge >= 0.3 is 5.97 Å². The summed E-state index contributed by atoms with van der Waals surface area (Å²) in [6.07, 6.45) is 0.388. The molecule has 2 N–H and O–H groups in total. The zero-order chi connectivity index (χ0) is 15.5. The van der Waals surface area contributed by atoms with E-state index in [-0.39, 0.29) is 32.5 Å². The van der Waals surface area contributed by atoms with Crippen molar-refractivity contribution < 1.29 is 28.2 Å². The van der Waals surface area contributed by atoms with Crippen molar-refractivity contribution in [1.29, 1.82) is 0 Å². The third-order valence-corrected chi connectivity index (χ3v) is 3.43. The summed E-state index contributed by atoms with van der Waals surface area (Å²) in [5, 5.41) is 11.6. The van der Waals surface area contributed by atoms with Crippen molar-refractivity contribution in [3.05, 3.63) is 35.4 Å². The molecule has 1 aliphatic heterocycles. The van der Waals surface area contributed by atoms with E-state index in [0.717, 1.165) is 12.1 Å². The highest BCUT2D eigenvalue weighted by molar-refractivity contribution is 5.87. The number of aryl methyl sites for hydroxylation is 1. The van der Waals surface area contributed by atoms with Crippen LogP contribution in [0, 0.1) is 11.6 Å². The Morgan fingerprint density at radius 2 is 2.10 bits per heavy atom. The zero-order valence-corrected chi connectivity index (χ0v) is 11.2. The van der Waals surface area contributed by atoms with Crippen molar-refractivity contribution in [3.8, 4) is 0 Å². The molecule has 0 aromatic heterocycles. The minimum absolute atomic E-state index is 0.0138. The molecule has 21 heavy (non-hydrogen) atoms. The lowest BCUT2D eigenvalue weighted by molar-refractivity contribution is -0.147. The Balaban J connectivity index is 1.92. The number of carboxylic acid groups (broad SMARTS) is 1. The van der Waals surface area contributed by atoms with E-state index >= 15 is 0 Å². The van der Waals surface area contributed by atoms with Gasteiger partial charge in [-0.25, -0.2) is 13.6 Å². The molecule has 7 heteroatoms. The molecule has 0 spiro atoms. The largest absolute Gasteiger partial charge is 0.479 e. The minimum atomic E-state index is -1.38. The van der Waals surface area contributed by atoms with Crippen LogP contribution >= 0.6 is 0 Å².